The standard InChI is InChI=1S/C21H22N4O5S/c1-29-15-4-2-13-3-6-17(11-14(13)10-15)31(27,28)24-18-8-9-25(21(18)26)12-16-5-7-19(30-16)20(22)23/h2-7,10-11,18,24H,8-9,12H2,1H3,(H3,22,23)/t18-/m0/s1. The van der Waals surface area contributed by atoms with E-state index >= 15 is 0 Å². The Labute approximate surface area is 179 Å². The van der Waals surface area contributed by atoms with Gasteiger partial charge in [-0.25, -0.2) is 8.42 Å². The molecule has 1 aliphatic heterocycles. The summed E-state index contributed by atoms with van der Waals surface area (Å²) in [5.41, 5.74) is 5.39. The number of nitrogens with zero attached hydrogens (tertiary/aromatic N) is 1. The van der Waals surface area contributed by atoms with Gasteiger partial charge >= 0.3 is 0 Å². The summed E-state index contributed by atoms with van der Waals surface area (Å²) in [5.74, 6) is 0.810. The Balaban J connectivity index is 1.48. The molecule has 10 heteroatoms. The number of carbonyl (C=O) groups excluding carboxylic acids is 1. The number of hydrogen-bond donors (Lipinski definition) is 3. The van der Waals surface area contributed by atoms with Crippen LogP contribution in [-0.2, 0) is 21.4 Å². The zero-order valence-electron chi connectivity index (χ0n) is 16.8. The lowest BCUT2D eigenvalue weighted by Crippen LogP contribution is -2.41. The van der Waals surface area contributed by atoms with Crippen LogP contribution >= 0.6 is 0 Å². The minimum absolute atomic E-state index is 0.0802. The van der Waals surface area contributed by atoms with Gasteiger partial charge in [0.1, 0.15) is 17.6 Å². The normalized spacial score (nSPS) is 16.7. The second-order valence-corrected chi connectivity index (χ2v) is 8.99. The third kappa shape index (κ3) is 4.25. The van der Waals surface area contributed by atoms with Gasteiger partial charge in [-0.3, -0.25) is 10.2 Å². The van der Waals surface area contributed by atoms with Crippen LogP contribution in [0.1, 0.15) is 17.9 Å². The van der Waals surface area contributed by atoms with Crippen LogP contribution in [0, 0.1) is 5.41 Å². The Kier molecular flexibility index (Phi) is 5.42. The highest BCUT2D eigenvalue weighted by Crippen LogP contribution is 2.25. The molecule has 9 nitrogen and oxygen atoms in total. The predicted molar refractivity (Wildman–Crippen MR) is 114 cm³/mol. The molecule has 1 atom stereocenters. The Hall–Kier alpha value is -3.37. The van der Waals surface area contributed by atoms with Crippen molar-refractivity contribution in [3.63, 3.8) is 0 Å². The van der Waals surface area contributed by atoms with E-state index in [2.05, 4.69) is 4.72 Å². The molecule has 3 aromatic rings. The number of methoxy groups -OCH3 is 1. The van der Waals surface area contributed by atoms with Gasteiger partial charge in [0, 0.05) is 6.54 Å². The van der Waals surface area contributed by atoms with E-state index in [1.807, 2.05) is 6.07 Å². The highest BCUT2D eigenvalue weighted by Gasteiger charge is 2.35. The van der Waals surface area contributed by atoms with Crippen LogP contribution in [0.3, 0.4) is 0 Å². The molecular formula is C21H22N4O5S. The Morgan fingerprint density at radius 3 is 2.71 bits per heavy atom. The van der Waals surface area contributed by atoms with Gasteiger partial charge in [-0.15, -0.1) is 0 Å². The molecule has 1 amide bonds. The van der Waals surface area contributed by atoms with E-state index in [4.69, 9.17) is 20.3 Å². The molecule has 1 aliphatic rings. The van der Waals surface area contributed by atoms with Gasteiger partial charge in [-0.1, -0.05) is 12.1 Å². The van der Waals surface area contributed by atoms with Crippen molar-refractivity contribution < 1.29 is 22.4 Å². The largest absolute Gasteiger partial charge is 0.497 e. The number of amidine groups is 1. The summed E-state index contributed by atoms with van der Waals surface area (Å²) in [7, 11) is -2.35. The van der Waals surface area contributed by atoms with Gasteiger partial charge in [0.15, 0.2) is 11.6 Å². The van der Waals surface area contributed by atoms with Crippen molar-refractivity contribution in [3.05, 3.63) is 60.1 Å². The van der Waals surface area contributed by atoms with Crippen LogP contribution in [0.4, 0.5) is 0 Å². The maximum atomic E-state index is 12.9. The zero-order chi connectivity index (χ0) is 22.2. The summed E-state index contributed by atoms with van der Waals surface area (Å²) < 4.78 is 39.0. The Morgan fingerprint density at radius 2 is 2.00 bits per heavy atom. The van der Waals surface area contributed by atoms with Crippen molar-refractivity contribution in [1.82, 2.24) is 9.62 Å². The summed E-state index contributed by atoms with van der Waals surface area (Å²) in [6.07, 6.45) is 0.347. The number of benzene rings is 2. The van der Waals surface area contributed by atoms with Crippen LogP contribution in [0.2, 0.25) is 0 Å². The van der Waals surface area contributed by atoms with Gasteiger partial charge in [0.05, 0.1) is 18.6 Å². The molecule has 31 heavy (non-hydrogen) atoms. The molecule has 1 saturated heterocycles. The van der Waals surface area contributed by atoms with Crippen LogP contribution < -0.4 is 15.2 Å². The monoisotopic (exact) mass is 442 g/mol. The molecule has 1 fully saturated rings. The molecule has 4 rings (SSSR count). The second-order valence-electron chi connectivity index (χ2n) is 7.28. The first-order chi connectivity index (χ1) is 14.8. The summed E-state index contributed by atoms with van der Waals surface area (Å²) in [6, 6.07) is 12.6. The predicted octanol–water partition coefficient (Wildman–Crippen LogP) is 1.80. The number of nitrogen functional groups attached to an aromatic ring is 1. The first-order valence-electron chi connectivity index (χ1n) is 9.59. The highest BCUT2D eigenvalue weighted by molar-refractivity contribution is 7.89. The quantitative estimate of drug-likeness (QED) is 0.377. The van der Waals surface area contributed by atoms with E-state index < -0.39 is 16.1 Å². The average Bonchev–Trinajstić information content (AvgIpc) is 3.35. The lowest BCUT2D eigenvalue weighted by atomic mass is 10.1. The van der Waals surface area contributed by atoms with Crippen LogP contribution in [-0.4, -0.2) is 44.8 Å². The number of amides is 1. The number of nitrogens with two attached hydrogens (primary N) is 1. The number of hydrogen-bond acceptors (Lipinski definition) is 6. The number of carbonyl (C=O) groups is 1. The number of likely N-dealkylation sites (tertiary alicyclic amines) is 1. The van der Waals surface area contributed by atoms with Crippen molar-refractivity contribution in [1.29, 1.82) is 5.41 Å². The second kappa shape index (κ2) is 8.05. The molecule has 4 N–H and O–H groups in total. The number of rotatable bonds is 7. The molecule has 0 unspecified atom stereocenters. The Bertz CT molecular complexity index is 1270. The average molecular weight is 442 g/mol. The maximum Gasteiger partial charge on any atom is 0.241 e. The fourth-order valence-corrected chi connectivity index (χ4v) is 4.81. The van der Waals surface area contributed by atoms with Crippen LogP contribution in [0.5, 0.6) is 5.75 Å². The van der Waals surface area contributed by atoms with E-state index in [0.717, 1.165) is 10.8 Å². The van der Waals surface area contributed by atoms with Crippen LogP contribution in [0.15, 0.2) is 57.8 Å². The van der Waals surface area contributed by atoms with Gasteiger partial charge in [-0.2, -0.15) is 4.72 Å². The molecule has 2 aromatic carbocycles. The van der Waals surface area contributed by atoms with E-state index in [1.165, 1.54) is 11.0 Å². The smallest absolute Gasteiger partial charge is 0.241 e. The summed E-state index contributed by atoms with van der Waals surface area (Å²) in [5, 5.41) is 8.98. The van der Waals surface area contributed by atoms with E-state index in [1.54, 1.807) is 43.5 Å². The lowest BCUT2D eigenvalue weighted by molar-refractivity contribution is -0.129. The van der Waals surface area contributed by atoms with Crippen molar-refractivity contribution in [2.24, 2.45) is 5.73 Å². The summed E-state index contributed by atoms with van der Waals surface area (Å²) in [4.78, 5) is 14.3. The first-order valence-corrected chi connectivity index (χ1v) is 11.1. The zero-order valence-corrected chi connectivity index (χ0v) is 17.6. The first kappa shape index (κ1) is 20.9. The van der Waals surface area contributed by atoms with E-state index in [9.17, 15) is 13.2 Å². The molecule has 0 saturated carbocycles. The number of furan rings is 1. The Morgan fingerprint density at radius 1 is 1.23 bits per heavy atom. The topological polar surface area (TPSA) is 139 Å². The van der Waals surface area contributed by atoms with Crippen molar-refractivity contribution >= 4 is 32.5 Å². The number of ether oxygens (including phenoxy) is 1. The molecule has 0 aliphatic carbocycles. The van der Waals surface area contributed by atoms with Crippen molar-refractivity contribution in [3.8, 4) is 5.75 Å². The SMILES string of the molecule is COc1ccc2ccc(S(=O)(=O)N[C@H]3CCN(Cc4ccc(C(=N)N)o4)C3=O)cc2c1. The molecule has 0 radical (unpaired) electrons. The van der Waals surface area contributed by atoms with Crippen molar-refractivity contribution in [2.75, 3.05) is 13.7 Å². The number of sulfonamides is 1. The molecular weight excluding hydrogens is 420 g/mol. The number of fused-ring (bicyclic) bond motifs is 1. The summed E-state index contributed by atoms with van der Waals surface area (Å²) >= 11 is 0. The van der Waals surface area contributed by atoms with Crippen LogP contribution in [0.25, 0.3) is 10.8 Å². The van der Waals surface area contributed by atoms with Gasteiger partial charge in [0.2, 0.25) is 15.9 Å². The van der Waals surface area contributed by atoms with Crippen molar-refractivity contribution in [2.45, 2.75) is 23.9 Å². The van der Waals surface area contributed by atoms with E-state index in [-0.39, 0.29) is 28.9 Å². The fourth-order valence-electron chi connectivity index (χ4n) is 3.55. The molecule has 1 aromatic heterocycles. The molecule has 2 heterocycles. The minimum atomic E-state index is -3.90. The number of nitrogens with one attached hydrogen (secondary N) is 2. The third-order valence-electron chi connectivity index (χ3n) is 5.20. The maximum absolute atomic E-state index is 12.9. The lowest BCUT2D eigenvalue weighted by Gasteiger charge is -2.16. The van der Waals surface area contributed by atoms with E-state index in [0.29, 0.717) is 24.5 Å². The molecule has 0 bridgehead atoms. The highest BCUT2D eigenvalue weighted by atomic mass is 32.2. The summed E-state index contributed by atoms with van der Waals surface area (Å²) in [6.45, 7) is 0.567. The van der Waals surface area contributed by atoms with Gasteiger partial charge < -0.3 is 19.8 Å². The molecule has 162 valence electrons. The van der Waals surface area contributed by atoms with Gasteiger partial charge in [0.25, 0.3) is 0 Å². The minimum Gasteiger partial charge on any atom is -0.497 e. The van der Waals surface area contributed by atoms with Gasteiger partial charge in [-0.05, 0) is 53.6 Å². The fraction of sp³-hybridized carbons (Fsp3) is 0.238. The third-order valence-corrected chi connectivity index (χ3v) is 6.67. The molecule has 0 spiro atoms.